The van der Waals surface area contributed by atoms with Crippen molar-refractivity contribution in [3.8, 4) is 5.75 Å². The van der Waals surface area contributed by atoms with E-state index in [0.717, 1.165) is 36.6 Å². The van der Waals surface area contributed by atoms with Crippen LogP contribution < -0.4 is 4.74 Å². The zero-order chi connectivity index (χ0) is 21.8. The van der Waals surface area contributed by atoms with Crippen LogP contribution in [0.25, 0.3) is 0 Å². The molecule has 1 fully saturated rings. The number of aromatic nitrogens is 3. The normalized spacial score (nSPS) is 18.9. The van der Waals surface area contributed by atoms with Crippen molar-refractivity contribution < 1.29 is 14.3 Å². The first-order valence-electron chi connectivity index (χ1n) is 11.0. The van der Waals surface area contributed by atoms with Gasteiger partial charge in [-0.25, -0.2) is 4.68 Å². The zero-order valence-corrected chi connectivity index (χ0v) is 18.0. The smallest absolute Gasteiger partial charge is 0.260 e. The van der Waals surface area contributed by atoms with Crippen LogP contribution in [-0.2, 0) is 29.2 Å². The Bertz CT molecular complexity index is 1030. The minimum atomic E-state index is 0.00547. The predicted molar refractivity (Wildman–Crippen MR) is 118 cm³/mol. The van der Waals surface area contributed by atoms with E-state index >= 15 is 0 Å². The summed E-state index contributed by atoms with van der Waals surface area (Å²) in [5.41, 5.74) is 3.17. The van der Waals surface area contributed by atoms with Crippen LogP contribution in [0.1, 0.15) is 23.1 Å². The van der Waals surface area contributed by atoms with Crippen molar-refractivity contribution >= 4 is 5.91 Å². The first kappa shape index (κ1) is 20.7. The molecule has 0 aliphatic carbocycles. The van der Waals surface area contributed by atoms with Gasteiger partial charge in [0.15, 0.2) is 6.61 Å². The van der Waals surface area contributed by atoms with E-state index in [9.17, 15) is 4.79 Å². The lowest BCUT2D eigenvalue weighted by molar-refractivity contribution is -0.135. The summed E-state index contributed by atoms with van der Waals surface area (Å²) in [7, 11) is 0. The van der Waals surface area contributed by atoms with Gasteiger partial charge in [-0.3, -0.25) is 9.69 Å². The van der Waals surface area contributed by atoms with E-state index in [-0.39, 0.29) is 18.6 Å². The number of hydrogen-bond donors (Lipinski definition) is 0. The molecule has 2 aliphatic rings. The molecule has 1 atom stereocenters. The maximum atomic E-state index is 12.5. The predicted octanol–water partition coefficient (Wildman–Crippen LogP) is 2.27. The first-order chi connectivity index (χ1) is 15.8. The number of amides is 1. The SMILES string of the molecule is O=C(COc1ccccc1)N1CCN(Cc2nnn3c2COC(c2ccccc2)C3)CC1. The molecule has 0 spiro atoms. The fourth-order valence-corrected chi connectivity index (χ4v) is 4.17. The fourth-order valence-electron chi connectivity index (χ4n) is 4.17. The van der Waals surface area contributed by atoms with Gasteiger partial charge >= 0.3 is 0 Å². The van der Waals surface area contributed by atoms with Crippen molar-refractivity contribution in [1.82, 2.24) is 24.8 Å². The number of fused-ring (bicyclic) bond motifs is 1. The standard InChI is InChI=1S/C24H27N5O3/c30-24(18-31-20-9-5-2-6-10-20)28-13-11-27(12-14-28)15-21-22-17-32-23(16-29(22)26-25-21)19-7-3-1-4-8-19/h1-10,23H,11-18H2. The van der Waals surface area contributed by atoms with Crippen LogP contribution in [0.3, 0.4) is 0 Å². The van der Waals surface area contributed by atoms with Gasteiger partial charge in [0.25, 0.3) is 5.91 Å². The number of rotatable bonds is 6. The number of piperazine rings is 1. The Labute approximate surface area is 187 Å². The van der Waals surface area contributed by atoms with Crippen molar-refractivity contribution in [1.29, 1.82) is 0 Å². The van der Waals surface area contributed by atoms with Crippen LogP contribution in [0, 0.1) is 0 Å². The van der Waals surface area contributed by atoms with E-state index in [1.165, 1.54) is 0 Å². The number of para-hydroxylation sites is 1. The highest BCUT2D eigenvalue weighted by atomic mass is 16.5. The number of benzene rings is 2. The third-order valence-corrected chi connectivity index (χ3v) is 6.05. The third kappa shape index (κ3) is 4.66. The van der Waals surface area contributed by atoms with Crippen LogP contribution in [0.4, 0.5) is 0 Å². The van der Waals surface area contributed by atoms with Crippen LogP contribution >= 0.6 is 0 Å². The molecule has 0 N–H and O–H groups in total. The molecule has 8 nitrogen and oxygen atoms in total. The molecule has 2 aliphatic heterocycles. The molecule has 1 saturated heterocycles. The number of hydrogen-bond acceptors (Lipinski definition) is 6. The molecule has 32 heavy (non-hydrogen) atoms. The Balaban J connectivity index is 1.11. The summed E-state index contributed by atoms with van der Waals surface area (Å²) in [6.45, 7) is 4.96. The van der Waals surface area contributed by atoms with E-state index < -0.39 is 0 Å². The van der Waals surface area contributed by atoms with E-state index in [1.54, 1.807) is 0 Å². The largest absolute Gasteiger partial charge is 0.484 e. The van der Waals surface area contributed by atoms with Gasteiger partial charge in [0.1, 0.15) is 17.5 Å². The average molecular weight is 434 g/mol. The number of nitrogens with zero attached hydrogens (tertiary/aromatic N) is 5. The van der Waals surface area contributed by atoms with Gasteiger partial charge in [0.2, 0.25) is 0 Å². The second-order valence-electron chi connectivity index (χ2n) is 8.13. The van der Waals surface area contributed by atoms with Crippen molar-refractivity contribution in [2.24, 2.45) is 0 Å². The summed E-state index contributed by atoms with van der Waals surface area (Å²) < 4.78 is 13.7. The highest BCUT2D eigenvalue weighted by Crippen LogP contribution is 2.27. The summed E-state index contributed by atoms with van der Waals surface area (Å²) in [6, 6.07) is 19.7. The van der Waals surface area contributed by atoms with Gasteiger partial charge in [-0.2, -0.15) is 0 Å². The molecule has 0 radical (unpaired) electrons. The van der Waals surface area contributed by atoms with Crippen LogP contribution in [0.2, 0.25) is 0 Å². The molecule has 1 unspecified atom stereocenters. The van der Waals surface area contributed by atoms with E-state index in [2.05, 4.69) is 27.3 Å². The van der Waals surface area contributed by atoms with E-state index in [4.69, 9.17) is 9.47 Å². The van der Waals surface area contributed by atoms with Crippen LogP contribution in [-0.4, -0.2) is 63.5 Å². The van der Waals surface area contributed by atoms with Crippen molar-refractivity contribution in [2.75, 3.05) is 32.8 Å². The Kier molecular flexibility index (Phi) is 6.13. The van der Waals surface area contributed by atoms with E-state index in [0.29, 0.717) is 32.0 Å². The lowest BCUT2D eigenvalue weighted by atomic mass is 10.1. The quantitative estimate of drug-likeness (QED) is 0.594. The highest BCUT2D eigenvalue weighted by molar-refractivity contribution is 5.77. The topological polar surface area (TPSA) is 72.7 Å². The van der Waals surface area contributed by atoms with Gasteiger partial charge in [-0.15, -0.1) is 5.10 Å². The fraction of sp³-hybridized carbons (Fsp3) is 0.375. The Morgan fingerprint density at radius 3 is 2.47 bits per heavy atom. The summed E-state index contributed by atoms with van der Waals surface area (Å²) in [4.78, 5) is 16.7. The average Bonchev–Trinajstić information content (AvgIpc) is 3.26. The zero-order valence-electron chi connectivity index (χ0n) is 18.0. The molecule has 5 rings (SSSR count). The summed E-state index contributed by atoms with van der Waals surface area (Å²) in [6.07, 6.45) is 0.00547. The van der Waals surface area contributed by atoms with Crippen LogP contribution in [0.15, 0.2) is 60.7 Å². The molecule has 3 heterocycles. The van der Waals surface area contributed by atoms with Crippen molar-refractivity contribution in [3.05, 3.63) is 77.6 Å². The summed E-state index contributed by atoms with van der Waals surface area (Å²) >= 11 is 0. The summed E-state index contributed by atoms with van der Waals surface area (Å²) in [5.74, 6) is 0.739. The second kappa shape index (κ2) is 9.50. The Hall–Kier alpha value is -3.23. The molecule has 1 amide bonds. The minimum Gasteiger partial charge on any atom is -0.484 e. The number of carbonyl (C=O) groups is 1. The summed E-state index contributed by atoms with van der Waals surface area (Å²) in [5, 5.41) is 8.80. The maximum Gasteiger partial charge on any atom is 0.260 e. The molecule has 3 aromatic rings. The minimum absolute atomic E-state index is 0.00547. The highest BCUT2D eigenvalue weighted by Gasteiger charge is 2.27. The van der Waals surface area contributed by atoms with Gasteiger partial charge in [-0.1, -0.05) is 53.7 Å². The van der Waals surface area contributed by atoms with Gasteiger partial charge in [-0.05, 0) is 17.7 Å². The Morgan fingerprint density at radius 1 is 1.00 bits per heavy atom. The van der Waals surface area contributed by atoms with Gasteiger partial charge in [0, 0.05) is 32.7 Å². The molecule has 2 aromatic carbocycles. The number of carbonyl (C=O) groups excluding carboxylic acids is 1. The third-order valence-electron chi connectivity index (χ3n) is 6.05. The van der Waals surface area contributed by atoms with Crippen molar-refractivity contribution in [3.63, 3.8) is 0 Å². The Morgan fingerprint density at radius 2 is 1.72 bits per heavy atom. The molecule has 0 bridgehead atoms. The van der Waals surface area contributed by atoms with Gasteiger partial charge in [0.05, 0.1) is 18.8 Å². The number of ether oxygens (including phenoxy) is 2. The second-order valence-corrected chi connectivity index (χ2v) is 8.13. The molecule has 8 heteroatoms. The van der Waals surface area contributed by atoms with E-state index in [1.807, 2.05) is 58.1 Å². The van der Waals surface area contributed by atoms with Crippen LogP contribution in [0.5, 0.6) is 5.75 Å². The maximum absolute atomic E-state index is 12.5. The van der Waals surface area contributed by atoms with Crippen molar-refractivity contribution in [2.45, 2.75) is 25.8 Å². The molecular formula is C24H27N5O3. The molecule has 166 valence electrons. The first-order valence-corrected chi connectivity index (χ1v) is 11.0. The lowest BCUT2D eigenvalue weighted by Crippen LogP contribution is -2.49. The van der Waals surface area contributed by atoms with Gasteiger partial charge < -0.3 is 14.4 Å². The lowest BCUT2D eigenvalue weighted by Gasteiger charge is -2.34. The molecule has 0 saturated carbocycles. The monoisotopic (exact) mass is 433 g/mol. The molecular weight excluding hydrogens is 406 g/mol. The molecule has 1 aromatic heterocycles.